The molecule has 0 saturated carbocycles. The zero-order valence-corrected chi connectivity index (χ0v) is 19.4. The number of nitrogens with two attached hydrogens (primary N) is 2. The van der Waals surface area contributed by atoms with E-state index >= 15 is 0 Å². The average Bonchev–Trinajstić information content (AvgIpc) is 2.71. The molecule has 0 aliphatic rings. The lowest BCUT2D eigenvalue weighted by Gasteiger charge is -2.31. The molecular formula is C20H35N5O8. The van der Waals surface area contributed by atoms with Gasteiger partial charge < -0.3 is 42.1 Å². The van der Waals surface area contributed by atoms with Gasteiger partial charge in [-0.15, -0.1) is 0 Å². The molecule has 0 aromatic rings. The quantitative estimate of drug-likeness (QED) is 0.134. The Morgan fingerprint density at radius 3 is 2.18 bits per heavy atom. The van der Waals surface area contributed by atoms with Crippen LogP contribution in [-0.2, 0) is 33.5 Å². The first kappa shape index (κ1) is 29.9. The van der Waals surface area contributed by atoms with Gasteiger partial charge in [-0.25, -0.2) is 0 Å². The number of hydrogen-bond acceptors (Lipinski definition) is 8. The number of amides is 4. The van der Waals surface area contributed by atoms with Crippen LogP contribution in [0.2, 0.25) is 0 Å². The van der Waals surface area contributed by atoms with Gasteiger partial charge in [0.1, 0.15) is 18.4 Å². The molecule has 0 aliphatic heterocycles. The SMILES string of the molecule is CC(C)(CCC=O)OCC(C)(C)C(=O)NC[C@H](N)C(=O)N[C@@H](CC(=O)O)C(=O)NCC(N)=O. The maximum Gasteiger partial charge on any atom is 0.305 e. The van der Waals surface area contributed by atoms with Crippen molar-refractivity contribution in [2.75, 3.05) is 19.7 Å². The lowest BCUT2D eigenvalue weighted by atomic mass is 9.92. The van der Waals surface area contributed by atoms with E-state index in [9.17, 15) is 28.8 Å². The highest BCUT2D eigenvalue weighted by Crippen LogP contribution is 2.23. The molecule has 0 fully saturated rings. The van der Waals surface area contributed by atoms with Crippen molar-refractivity contribution in [3.05, 3.63) is 0 Å². The van der Waals surface area contributed by atoms with Gasteiger partial charge in [-0.05, 0) is 34.1 Å². The molecule has 0 aliphatic carbocycles. The first-order valence-electron chi connectivity index (χ1n) is 10.3. The number of ether oxygens (including phenoxy) is 1. The lowest BCUT2D eigenvalue weighted by molar-refractivity contribution is -0.140. The van der Waals surface area contributed by atoms with E-state index in [-0.39, 0.29) is 13.2 Å². The zero-order valence-electron chi connectivity index (χ0n) is 19.4. The van der Waals surface area contributed by atoms with Crippen LogP contribution in [0.1, 0.15) is 47.0 Å². The maximum atomic E-state index is 12.5. The average molecular weight is 474 g/mol. The Morgan fingerprint density at radius 2 is 1.67 bits per heavy atom. The maximum absolute atomic E-state index is 12.5. The Morgan fingerprint density at radius 1 is 1.06 bits per heavy atom. The van der Waals surface area contributed by atoms with Gasteiger partial charge in [0.15, 0.2) is 0 Å². The predicted octanol–water partition coefficient (Wildman–Crippen LogP) is -2.21. The number of aldehydes is 1. The van der Waals surface area contributed by atoms with E-state index in [1.54, 1.807) is 27.7 Å². The second-order valence-corrected chi connectivity index (χ2v) is 8.80. The minimum Gasteiger partial charge on any atom is -0.481 e. The van der Waals surface area contributed by atoms with Crippen LogP contribution in [0.4, 0.5) is 0 Å². The van der Waals surface area contributed by atoms with Gasteiger partial charge in [0.25, 0.3) is 0 Å². The molecule has 0 aromatic heterocycles. The number of carbonyl (C=O) groups is 6. The highest BCUT2D eigenvalue weighted by Gasteiger charge is 2.32. The molecule has 4 amide bonds. The number of primary amides is 1. The number of carbonyl (C=O) groups excluding carboxylic acids is 5. The Labute approximate surface area is 192 Å². The molecule has 0 heterocycles. The molecule has 0 aromatic carbocycles. The third-order valence-corrected chi connectivity index (χ3v) is 4.57. The summed E-state index contributed by atoms with van der Waals surface area (Å²) >= 11 is 0. The zero-order chi connectivity index (χ0) is 25.8. The van der Waals surface area contributed by atoms with E-state index in [1.807, 2.05) is 0 Å². The fourth-order valence-electron chi connectivity index (χ4n) is 2.41. The number of aliphatic carboxylic acids is 1. The van der Waals surface area contributed by atoms with Crippen molar-refractivity contribution in [3.63, 3.8) is 0 Å². The fraction of sp³-hybridized carbons (Fsp3) is 0.700. The summed E-state index contributed by atoms with van der Waals surface area (Å²) in [6, 6.07) is -2.77. The highest BCUT2D eigenvalue weighted by molar-refractivity contribution is 5.94. The summed E-state index contributed by atoms with van der Waals surface area (Å²) in [6.07, 6.45) is 0.855. The smallest absolute Gasteiger partial charge is 0.305 e. The van der Waals surface area contributed by atoms with Crippen LogP contribution in [0.3, 0.4) is 0 Å². The molecule has 0 radical (unpaired) electrons. The summed E-state index contributed by atoms with van der Waals surface area (Å²) in [6.45, 7) is 6.11. The van der Waals surface area contributed by atoms with Crippen LogP contribution in [0.15, 0.2) is 0 Å². The second kappa shape index (κ2) is 13.5. The Balaban J connectivity index is 4.83. The molecule has 0 bridgehead atoms. The van der Waals surface area contributed by atoms with Crippen molar-refractivity contribution >= 4 is 35.9 Å². The number of hydrogen-bond donors (Lipinski definition) is 6. The van der Waals surface area contributed by atoms with Crippen LogP contribution < -0.4 is 27.4 Å². The minimum absolute atomic E-state index is 0.0485. The van der Waals surface area contributed by atoms with Gasteiger partial charge in [0.2, 0.25) is 23.6 Å². The van der Waals surface area contributed by atoms with E-state index in [0.29, 0.717) is 12.8 Å². The fourth-order valence-corrected chi connectivity index (χ4v) is 2.41. The standard InChI is InChI=1S/C20H35N5O8/c1-19(2,11-33-20(3,4)6-5-7-26)18(32)24-9-12(21)16(30)25-13(8-15(28)29)17(31)23-10-14(22)27/h7,12-13H,5-6,8-11,21H2,1-4H3,(H2,22,27)(H,23,31)(H,24,32)(H,25,30)(H,28,29)/t12-,13-/m0/s1. The summed E-state index contributed by atoms with van der Waals surface area (Å²) in [5.74, 6) is -4.45. The summed E-state index contributed by atoms with van der Waals surface area (Å²) in [5.41, 5.74) is 9.10. The molecule has 2 atom stereocenters. The molecule has 33 heavy (non-hydrogen) atoms. The largest absolute Gasteiger partial charge is 0.481 e. The molecule has 0 saturated heterocycles. The second-order valence-electron chi connectivity index (χ2n) is 8.80. The predicted molar refractivity (Wildman–Crippen MR) is 116 cm³/mol. The van der Waals surface area contributed by atoms with Crippen molar-refractivity contribution in [2.24, 2.45) is 16.9 Å². The van der Waals surface area contributed by atoms with Crippen LogP contribution in [0.5, 0.6) is 0 Å². The third-order valence-electron chi connectivity index (χ3n) is 4.57. The topological polar surface area (TPSA) is 220 Å². The van der Waals surface area contributed by atoms with Gasteiger partial charge in [-0.3, -0.25) is 24.0 Å². The lowest BCUT2D eigenvalue weighted by Crippen LogP contribution is -2.56. The minimum atomic E-state index is -1.49. The normalized spacial score (nSPS) is 13.4. The van der Waals surface area contributed by atoms with E-state index in [0.717, 1.165) is 6.29 Å². The van der Waals surface area contributed by atoms with Crippen LogP contribution >= 0.6 is 0 Å². The van der Waals surface area contributed by atoms with Gasteiger partial charge >= 0.3 is 5.97 Å². The summed E-state index contributed by atoms with van der Waals surface area (Å²) < 4.78 is 5.76. The summed E-state index contributed by atoms with van der Waals surface area (Å²) in [5, 5.41) is 15.8. The molecule has 0 rings (SSSR count). The van der Waals surface area contributed by atoms with Crippen LogP contribution in [-0.4, -0.2) is 78.4 Å². The van der Waals surface area contributed by atoms with E-state index in [1.165, 1.54) is 0 Å². The van der Waals surface area contributed by atoms with Crippen LogP contribution in [0.25, 0.3) is 0 Å². The Kier molecular flexibility index (Phi) is 12.2. The van der Waals surface area contributed by atoms with E-state index in [4.69, 9.17) is 21.3 Å². The summed E-state index contributed by atoms with van der Waals surface area (Å²) in [7, 11) is 0. The summed E-state index contributed by atoms with van der Waals surface area (Å²) in [4.78, 5) is 69.1. The Hall–Kier alpha value is -3.06. The first-order chi connectivity index (χ1) is 15.1. The molecule has 0 spiro atoms. The first-order valence-corrected chi connectivity index (χ1v) is 10.3. The van der Waals surface area contributed by atoms with Crippen molar-refractivity contribution in [1.29, 1.82) is 0 Å². The molecule has 8 N–H and O–H groups in total. The van der Waals surface area contributed by atoms with Gasteiger partial charge in [-0.1, -0.05) is 0 Å². The third kappa shape index (κ3) is 12.5. The number of rotatable bonds is 16. The van der Waals surface area contributed by atoms with Crippen LogP contribution in [0, 0.1) is 5.41 Å². The molecule has 13 nitrogen and oxygen atoms in total. The van der Waals surface area contributed by atoms with Crippen molar-refractivity contribution in [3.8, 4) is 0 Å². The molecular weight excluding hydrogens is 438 g/mol. The van der Waals surface area contributed by atoms with E-state index < -0.39 is 65.7 Å². The van der Waals surface area contributed by atoms with Gasteiger partial charge in [0, 0.05) is 13.0 Å². The Bertz CT molecular complexity index is 738. The molecule has 188 valence electrons. The number of carboxylic acid groups (broad SMARTS) is 1. The van der Waals surface area contributed by atoms with Gasteiger partial charge in [0.05, 0.1) is 30.6 Å². The highest BCUT2D eigenvalue weighted by atomic mass is 16.5. The number of nitrogens with one attached hydrogen (secondary N) is 3. The van der Waals surface area contributed by atoms with Crippen molar-refractivity contribution in [2.45, 2.75) is 64.6 Å². The molecule has 13 heteroatoms. The molecule has 0 unspecified atom stereocenters. The number of carboxylic acids is 1. The monoisotopic (exact) mass is 473 g/mol. The van der Waals surface area contributed by atoms with Crippen molar-refractivity contribution < 1.29 is 38.6 Å². The van der Waals surface area contributed by atoms with Crippen molar-refractivity contribution in [1.82, 2.24) is 16.0 Å². The van der Waals surface area contributed by atoms with E-state index in [2.05, 4.69) is 16.0 Å². The van der Waals surface area contributed by atoms with Gasteiger partial charge in [-0.2, -0.15) is 0 Å².